The van der Waals surface area contributed by atoms with Crippen LogP contribution in [0.1, 0.15) is 66.2 Å². The van der Waals surface area contributed by atoms with E-state index in [9.17, 15) is 0 Å². The van der Waals surface area contributed by atoms with Crippen LogP contribution >= 0.6 is 0 Å². The van der Waals surface area contributed by atoms with Crippen LogP contribution in [-0.4, -0.2) is 11.6 Å². The molecular formula is C15H27N. The van der Waals surface area contributed by atoms with Gasteiger partial charge in [0.25, 0.3) is 0 Å². The molecule has 0 aromatic rings. The van der Waals surface area contributed by atoms with Gasteiger partial charge < -0.3 is 5.32 Å². The fourth-order valence-corrected chi connectivity index (χ4v) is 6.22. The molecule has 2 unspecified atom stereocenters. The van der Waals surface area contributed by atoms with Gasteiger partial charge in [-0.25, -0.2) is 0 Å². The SMILES string of the molecule is CC(C)NC12CC3CC(C)(CC(C)(C3)C1)C2. The Balaban J connectivity index is 1.92. The highest BCUT2D eigenvalue weighted by Crippen LogP contribution is 2.66. The maximum atomic E-state index is 3.94. The van der Waals surface area contributed by atoms with E-state index in [0.717, 1.165) is 5.92 Å². The molecule has 16 heavy (non-hydrogen) atoms. The second-order valence-corrected chi connectivity index (χ2v) is 8.21. The largest absolute Gasteiger partial charge is 0.309 e. The molecule has 4 aliphatic rings. The molecule has 1 N–H and O–H groups in total. The zero-order valence-electron chi connectivity index (χ0n) is 11.4. The van der Waals surface area contributed by atoms with Crippen molar-refractivity contribution in [1.29, 1.82) is 0 Å². The van der Waals surface area contributed by atoms with Gasteiger partial charge in [0, 0.05) is 11.6 Å². The molecule has 0 aromatic heterocycles. The van der Waals surface area contributed by atoms with Crippen molar-refractivity contribution in [3.8, 4) is 0 Å². The van der Waals surface area contributed by atoms with Crippen LogP contribution in [0, 0.1) is 16.7 Å². The van der Waals surface area contributed by atoms with Crippen LogP contribution in [-0.2, 0) is 0 Å². The van der Waals surface area contributed by atoms with Gasteiger partial charge in [-0.1, -0.05) is 27.7 Å². The summed E-state index contributed by atoms with van der Waals surface area (Å²) in [6.45, 7) is 9.71. The van der Waals surface area contributed by atoms with E-state index in [1.165, 1.54) is 38.5 Å². The molecule has 4 bridgehead atoms. The third-order valence-corrected chi connectivity index (χ3v) is 5.22. The van der Waals surface area contributed by atoms with Gasteiger partial charge in [0.15, 0.2) is 0 Å². The lowest BCUT2D eigenvalue weighted by molar-refractivity contribution is -0.119. The van der Waals surface area contributed by atoms with E-state index < -0.39 is 0 Å². The van der Waals surface area contributed by atoms with Crippen molar-refractivity contribution in [1.82, 2.24) is 5.32 Å². The first-order chi connectivity index (χ1) is 7.32. The molecule has 0 heterocycles. The molecule has 0 radical (unpaired) electrons. The van der Waals surface area contributed by atoms with Crippen LogP contribution in [0.2, 0.25) is 0 Å². The summed E-state index contributed by atoms with van der Waals surface area (Å²) in [4.78, 5) is 0. The molecule has 4 saturated carbocycles. The van der Waals surface area contributed by atoms with E-state index in [4.69, 9.17) is 0 Å². The Bertz CT molecular complexity index is 285. The third-order valence-electron chi connectivity index (χ3n) is 5.22. The van der Waals surface area contributed by atoms with Gasteiger partial charge in [-0.3, -0.25) is 0 Å². The summed E-state index contributed by atoms with van der Waals surface area (Å²) in [5, 5.41) is 3.94. The third kappa shape index (κ3) is 1.63. The zero-order chi connectivity index (χ0) is 11.6. The van der Waals surface area contributed by atoms with E-state index in [1.54, 1.807) is 0 Å². The van der Waals surface area contributed by atoms with E-state index in [0.29, 0.717) is 22.4 Å². The van der Waals surface area contributed by atoms with Crippen molar-refractivity contribution in [2.75, 3.05) is 0 Å². The molecule has 1 nitrogen and oxygen atoms in total. The smallest absolute Gasteiger partial charge is 0.0196 e. The molecule has 4 aliphatic carbocycles. The highest BCUT2D eigenvalue weighted by molar-refractivity contribution is 5.14. The van der Waals surface area contributed by atoms with E-state index in [-0.39, 0.29) is 0 Å². The molecule has 0 spiro atoms. The number of nitrogens with one attached hydrogen (secondary N) is 1. The van der Waals surface area contributed by atoms with Crippen LogP contribution in [0.25, 0.3) is 0 Å². The minimum atomic E-state index is 0.497. The summed E-state index contributed by atoms with van der Waals surface area (Å²) in [7, 11) is 0. The van der Waals surface area contributed by atoms with Crippen LogP contribution < -0.4 is 5.32 Å². The van der Waals surface area contributed by atoms with Gasteiger partial charge in [-0.15, -0.1) is 0 Å². The van der Waals surface area contributed by atoms with Crippen LogP contribution in [0.3, 0.4) is 0 Å². The van der Waals surface area contributed by atoms with E-state index in [1.807, 2.05) is 0 Å². The summed E-state index contributed by atoms with van der Waals surface area (Å²) in [5.41, 5.74) is 1.79. The molecule has 4 fully saturated rings. The Hall–Kier alpha value is -0.0400. The predicted molar refractivity (Wildman–Crippen MR) is 68.4 cm³/mol. The Morgan fingerprint density at radius 3 is 1.94 bits per heavy atom. The van der Waals surface area contributed by atoms with Gasteiger partial charge in [0.1, 0.15) is 0 Å². The second kappa shape index (κ2) is 3.04. The zero-order valence-corrected chi connectivity index (χ0v) is 11.4. The molecule has 1 heteroatoms. The Morgan fingerprint density at radius 1 is 0.938 bits per heavy atom. The standard InChI is InChI=1S/C15H27N/c1-11(2)16-15-7-12-5-13(3,9-15)8-14(4,6-12)10-15/h11-12,16H,5-10H2,1-4H3. The first-order valence-electron chi connectivity index (χ1n) is 7.10. The lowest BCUT2D eigenvalue weighted by Crippen LogP contribution is -2.65. The first-order valence-corrected chi connectivity index (χ1v) is 7.10. The molecule has 4 rings (SSSR count). The topological polar surface area (TPSA) is 12.0 Å². The van der Waals surface area contributed by atoms with Gasteiger partial charge in [-0.2, -0.15) is 0 Å². The summed E-state index contributed by atoms with van der Waals surface area (Å²) in [6.07, 6.45) is 8.82. The summed E-state index contributed by atoms with van der Waals surface area (Å²) in [5.74, 6) is 1.01. The predicted octanol–water partition coefficient (Wildman–Crippen LogP) is 3.73. The van der Waals surface area contributed by atoms with Gasteiger partial charge in [0.2, 0.25) is 0 Å². The minimum absolute atomic E-state index is 0.497. The maximum Gasteiger partial charge on any atom is 0.0196 e. The lowest BCUT2D eigenvalue weighted by atomic mass is 9.42. The fourth-order valence-electron chi connectivity index (χ4n) is 6.22. The average Bonchev–Trinajstić information content (AvgIpc) is 1.91. The maximum absolute atomic E-state index is 3.94. The molecule has 2 atom stereocenters. The number of hydrogen-bond acceptors (Lipinski definition) is 1. The van der Waals surface area contributed by atoms with Gasteiger partial charge in [0.05, 0.1) is 0 Å². The highest BCUT2D eigenvalue weighted by Gasteiger charge is 2.59. The van der Waals surface area contributed by atoms with Gasteiger partial charge >= 0.3 is 0 Å². The van der Waals surface area contributed by atoms with Crippen molar-refractivity contribution >= 4 is 0 Å². The monoisotopic (exact) mass is 221 g/mol. The number of rotatable bonds is 2. The van der Waals surface area contributed by atoms with E-state index >= 15 is 0 Å². The quantitative estimate of drug-likeness (QED) is 0.749. The molecule has 0 aromatic carbocycles. The number of hydrogen-bond donors (Lipinski definition) is 1. The van der Waals surface area contributed by atoms with Crippen molar-refractivity contribution in [2.24, 2.45) is 16.7 Å². The van der Waals surface area contributed by atoms with Crippen molar-refractivity contribution < 1.29 is 0 Å². The molecule has 0 saturated heterocycles. The van der Waals surface area contributed by atoms with Crippen LogP contribution in [0.4, 0.5) is 0 Å². The molecular weight excluding hydrogens is 194 g/mol. The lowest BCUT2D eigenvalue weighted by Gasteiger charge is -2.66. The fraction of sp³-hybridized carbons (Fsp3) is 1.00. The van der Waals surface area contributed by atoms with Crippen molar-refractivity contribution in [3.05, 3.63) is 0 Å². The average molecular weight is 221 g/mol. The van der Waals surface area contributed by atoms with E-state index in [2.05, 4.69) is 33.0 Å². The molecule has 92 valence electrons. The molecule has 0 amide bonds. The normalized spacial score (nSPS) is 54.9. The van der Waals surface area contributed by atoms with Crippen LogP contribution in [0.15, 0.2) is 0 Å². The summed E-state index contributed by atoms with van der Waals surface area (Å²) < 4.78 is 0. The summed E-state index contributed by atoms with van der Waals surface area (Å²) in [6, 6.07) is 0.642. The summed E-state index contributed by atoms with van der Waals surface area (Å²) >= 11 is 0. The van der Waals surface area contributed by atoms with Crippen molar-refractivity contribution in [3.63, 3.8) is 0 Å². The van der Waals surface area contributed by atoms with Crippen LogP contribution in [0.5, 0.6) is 0 Å². The van der Waals surface area contributed by atoms with Gasteiger partial charge in [-0.05, 0) is 55.3 Å². The minimum Gasteiger partial charge on any atom is -0.309 e. The Morgan fingerprint density at radius 2 is 1.50 bits per heavy atom. The highest BCUT2D eigenvalue weighted by atomic mass is 15.0. The Labute approximate surface area is 100 Å². The molecule has 0 aliphatic heterocycles. The second-order valence-electron chi connectivity index (χ2n) is 8.21. The first kappa shape index (κ1) is 11.1. The Kier molecular flexibility index (Phi) is 2.11. The van der Waals surface area contributed by atoms with Crippen molar-refractivity contribution in [2.45, 2.75) is 77.8 Å².